The van der Waals surface area contributed by atoms with Crippen molar-refractivity contribution in [2.75, 3.05) is 18.6 Å². The number of nitrogens with zero attached hydrogens (tertiary/aromatic N) is 3. The lowest BCUT2D eigenvalue weighted by Gasteiger charge is -2.27. The molecule has 0 aliphatic carbocycles. The summed E-state index contributed by atoms with van der Waals surface area (Å²) in [6, 6.07) is 9.51. The molecule has 0 spiro atoms. The maximum Gasteiger partial charge on any atom is 0.229 e. The van der Waals surface area contributed by atoms with Gasteiger partial charge in [0, 0.05) is 32.0 Å². The first kappa shape index (κ1) is 18.0. The Morgan fingerprint density at radius 2 is 2.08 bits per heavy atom. The minimum atomic E-state index is -0.0186. The first-order valence-corrected chi connectivity index (χ1v) is 8.81. The first-order valence-electron chi connectivity index (χ1n) is 8.81. The number of nitrogens with one attached hydrogen (secondary N) is 1. The fourth-order valence-electron chi connectivity index (χ4n) is 3.05. The third-order valence-corrected chi connectivity index (χ3v) is 4.43. The number of carbonyl (C=O) groups excluding carboxylic acids is 2. The highest BCUT2D eigenvalue weighted by Crippen LogP contribution is 2.22. The van der Waals surface area contributed by atoms with Crippen molar-refractivity contribution in [3.05, 3.63) is 41.6 Å². The number of rotatable bonds is 7. The summed E-state index contributed by atoms with van der Waals surface area (Å²) in [5, 5.41) is 7.30. The van der Waals surface area contributed by atoms with Gasteiger partial charge in [-0.05, 0) is 31.0 Å². The van der Waals surface area contributed by atoms with E-state index in [4.69, 9.17) is 4.74 Å². The number of methoxy groups -OCH3 is 1. The molecule has 138 valence electrons. The highest BCUT2D eigenvalue weighted by atomic mass is 16.5. The van der Waals surface area contributed by atoms with Crippen LogP contribution in [0.5, 0.6) is 5.75 Å². The van der Waals surface area contributed by atoms with Gasteiger partial charge in [0.25, 0.3) is 0 Å². The lowest BCUT2D eigenvalue weighted by Crippen LogP contribution is -2.38. The second-order valence-corrected chi connectivity index (χ2v) is 6.39. The Labute approximate surface area is 152 Å². The number of benzene rings is 1. The molecule has 2 heterocycles. The van der Waals surface area contributed by atoms with Crippen molar-refractivity contribution < 1.29 is 14.3 Å². The summed E-state index contributed by atoms with van der Waals surface area (Å²) < 4.78 is 6.98. The average molecular weight is 356 g/mol. The number of hydrogen-bond donors (Lipinski definition) is 1. The molecule has 0 fully saturated rings. The fraction of sp³-hybridized carbons (Fsp3) is 0.421. The van der Waals surface area contributed by atoms with E-state index in [1.807, 2.05) is 41.9 Å². The second kappa shape index (κ2) is 8.03. The summed E-state index contributed by atoms with van der Waals surface area (Å²) in [5.41, 5.74) is 1.92. The molecule has 0 bridgehead atoms. The molecule has 1 aliphatic heterocycles. The molecule has 0 atom stereocenters. The van der Waals surface area contributed by atoms with Gasteiger partial charge in [0.2, 0.25) is 11.8 Å². The predicted molar refractivity (Wildman–Crippen MR) is 98.0 cm³/mol. The maximum absolute atomic E-state index is 12.2. The van der Waals surface area contributed by atoms with Crippen molar-refractivity contribution in [2.45, 2.75) is 39.3 Å². The Balaban J connectivity index is 1.45. The minimum Gasteiger partial charge on any atom is -0.497 e. The summed E-state index contributed by atoms with van der Waals surface area (Å²) in [6.45, 7) is 3.55. The molecule has 2 amide bonds. The fourth-order valence-corrected chi connectivity index (χ4v) is 3.05. The number of aromatic nitrogens is 2. The van der Waals surface area contributed by atoms with Gasteiger partial charge in [0.1, 0.15) is 11.6 Å². The van der Waals surface area contributed by atoms with Gasteiger partial charge in [-0.25, -0.2) is 4.68 Å². The molecule has 0 unspecified atom stereocenters. The molecular formula is C19H24N4O3. The van der Waals surface area contributed by atoms with Crippen LogP contribution in [0, 0.1) is 6.92 Å². The molecule has 1 aromatic carbocycles. The first-order chi connectivity index (χ1) is 12.6. The van der Waals surface area contributed by atoms with E-state index in [0.29, 0.717) is 38.9 Å². The summed E-state index contributed by atoms with van der Waals surface area (Å²) in [5.74, 6) is 1.70. The molecule has 0 radical (unpaired) electrons. The Morgan fingerprint density at radius 1 is 1.31 bits per heavy atom. The van der Waals surface area contributed by atoms with E-state index in [1.165, 1.54) is 0 Å². The summed E-state index contributed by atoms with van der Waals surface area (Å²) in [6.07, 6.45) is 1.45. The van der Waals surface area contributed by atoms with E-state index >= 15 is 0 Å². The SMILES string of the molecule is COc1ccc(CNC(=O)CCCN2C(=O)CCn3nc(C)cc32)cc1. The highest BCUT2D eigenvalue weighted by molar-refractivity contribution is 5.93. The Hall–Kier alpha value is -2.83. The van der Waals surface area contributed by atoms with Crippen LogP contribution >= 0.6 is 0 Å². The van der Waals surface area contributed by atoms with Crippen LogP contribution in [-0.2, 0) is 22.7 Å². The van der Waals surface area contributed by atoms with Crippen molar-refractivity contribution in [3.63, 3.8) is 0 Å². The molecule has 1 aromatic heterocycles. The van der Waals surface area contributed by atoms with Gasteiger partial charge >= 0.3 is 0 Å². The predicted octanol–water partition coefficient (Wildman–Crippen LogP) is 2.03. The second-order valence-electron chi connectivity index (χ2n) is 6.39. The van der Waals surface area contributed by atoms with E-state index in [9.17, 15) is 9.59 Å². The zero-order valence-corrected chi connectivity index (χ0v) is 15.2. The van der Waals surface area contributed by atoms with Crippen LogP contribution in [0.15, 0.2) is 30.3 Å². The number of amides is 2. The van der Waals surface area contributed by atoms with Crippen molar-refractivity contribution in [1.82, 2.24) is 15.1 Å². The molecule has 1 N–H and O–H groups in total. The van der Waals surface area contributed by atoms with E-state index in [0.717, 1.165) is 22.8 Å². The third-order valence-electron chi connectivity index (χ3n) is 4.43. The number of carbonyl (C=O) groups is 2. The Bertz CT molecular complexity index is 783. The molecule has 26 heavy (non-hydrogen) atoms. The average Bonchev–Trinajstić information content (AvgIpc) is 3.03. The van der Waals surface area contributed by atoms with Gasteiger partial charge in [0.05, 0.1) is 19.3 Å². The number of fused-ring (bicyclic) bond motifs is 1. The lowest BCUT2D eigenvalue weighted by molar-refractivity contribution is -0.122. The van der Waals surface area contributed by atoms with Crippen molar-refractivity contribution >= 4 is 17.6 Å². The van der Waals surface area contributed by atoms with Crippen LogP contribution in [0.4, 0.5) is 5.82 Å². The summed E-state index contributed by atoms with van der Waals surface area (Å²) in [4.78, 5) is 26.0. The quantitative estimate of drug-likeness (QED) is 0.824. The number of ether oxygens (including phenoxy) is 1. The van der Waals surface area contributed by atoms with E-state index in [-0.39, 0.29) is 11.8 Å². The summed E-state index contributed by atoms with van der Waals surface area (Å²) in [7, 11) is 1.62. The van der Waals surface area contributed by atoms with Gasteiger partial charge in [-0.15, -0.1) is 0 Å². The highest BCUT2D eigenvalue weighted by Gasteiger charge is 2.25. The zero-order valence-electron chi connectivity index (χ0n) is 15.2. The molecule has 0 saturated carbocycles. The molecule has 3 rings (SSSR count). The standard InChI is InChI=1S/C19H24N4O3/c1-14-12-18-22(19(25)9-11-23(18)21-14)10-3-4-17(24)20-13-15-5-7-16(26-2)8-6-15/h5-8,12H,3-4,9-11,13H2,1-2H3,(H,20,24). The smallest absolute Gasteiger partial charge is 0.229 e. The number of anilines is 1. The van der Waals surface area contributed by atoms with Crippen LogP contribution in [0.3, 0.4) is 0 Å². The van der Waals surface area contributed by atoms with Crippen LogP contribution in [0.25, 0.3) is 0 Å². The third kappa shape index (κ3) is 4.22. The normalized spacial score (nSPS) is 13.5. The van der Waals surface area contributed by atoms with Crippen LogP contribution in [0.2, 0.25) is 0 Å². The van der Waals surface area contributed by atoms with E-state index in [1.54, 1.807) is 12.0 Å². The van der Waals surface area contributed by atoms with Gasteiger partial charge in [0.15, 0.2) is 0 Å². The van der Waals surface area contributed by atoms with Gasteiger partial charge < -0.3 is 10.1 Å². The van der Waals surface area contributed by atoms with Crippen LogP contribution < -0.4 is 15.0 Å². The van der Waals surface area contributed by atoms with Crippen LogP contribution in [0.1, 0.15) is 30.5 Å². The molecule has 1 aliphatic rings. The number of hydrogen-bond acceptors (Lipinski definition) is 4. The molecular weight excluding hydrogens is 332 g/mol. The lowest BCUT2D eigenvalue weighted by atomic mass is 10.2. The van der Waals surface area contributed by atoms with Crippen molar-refractivity contribution in [2.24, 2.45) is 0 Å². The topological polar surface area (TPSA) is 76.5 Å². The molecule has 0 saturated heterocycles. The molecule has 7 nitrogen and oxygen atoms in total. The van der Waals surface area contributed by atoms with E-state index < -0.39 is 0 Å². The Kier molecular flexibility index (Phi) is 5.55. The molecule has 7 heteroatoms. The van der Waals surface area contributed by atoms with Gasteiger partial charge in [-0.1, -0.05) is 12.1 Å². The minimum absolute atomic E-state index is 0.0186. The molecule has 2 aromatic rings. The van der Waals surface area contributed by atoms with Gasteiger partial charge in [-0.2, -0.15) is 5.10 Å². The van der Waals surface area contributed by atoms with Gasteiger partial charge in [-0.3, -0.25) is 14.5 Å². The van der Waals surface area contributed by atoms with E-state index in [2.05, 4.69) is 10.4 Å². The van der Waals surface area contributed by atoms with Crippen LogP contribution in [-0.4, -0.2) is 35.2 Å². The van der Waals surface area contributed by atoms with Crippen molar-refractivity contribution in [3.8, 4) is 5.75 Å². The zero-order chi connectivity index (χ0) is 18.5. The van der Waals surface area contributed by atoms with Crippen molar-refractivity contribution in [1.29, 1.82) is 0 Å². The Morgan fingerprint density at radius 3 is 2.81 bits per heavy atom. The monoisotopic (exact) mass is 356 g/mol. The maximum atomic E-state index is 12.2. The number of aryl methyl sites for hydroxylation is 2. The summed E-state index contributed by atoms with van der Waals surface area (Å²) >= 11 is 0. The largest absolute Gasteiger partial charge is 0.497 e.